The van der Waals surface area contributed by atoms with E-state index in [9.17, 15) is 4.79 Å². The number of halogens is 3. The van der Waals surface area contributed by atoms with E-state index in [0.29, 0.717) is 23.1 Å². The van der Waals surface area contributed by atoms with Gasteiger partial charge in [0.2, 0.25) is 5.91 Å². The van der Waals surface area contributed by atoms with Crippen LogP contribution in [-0.4, -0.2) is 30.4 Å². The van der Waals surface area contributed by atoms with Crippen LogP contribution in [0, 0.1) is 5.92 Å². The van der Waals surface area contributed by atoms with E-state index in [1.165, 1.54) is 0 Å². The molecular weight excluding hydrogens is 307 g/mol. The molecule has 1 aliphatic heterocycles. The Labute approximate surface area is 129 Å². The maximum Gasteiger partial charge on any atom is 0.228 e. The van der Waals surface area contributed by atoms with Gasteiger partial charge in [0.15, 0.2) is 0 Å². The number of hydrogen-bond acceptors (Lipinski definition) is 2. The molecule has 1 aromatic carbocycles. The van der Waals surface area contributed by atoms with Gasteiger partial charge in [-0.3, -0.25) is 4.79 Å². The molecule has 106 valence electrons. The molecule has 1 saturated heterocycles. The topological polar surface area (TPSA) is 32.3 Å². The van der Waals surface area contributed by atoms with Crippen molar-refractivity contribution in [2.45, 2.75) is 13.5 Å². The predicted molar refractivity (Wildman–Crippen MR) is 81.2 cm³/mol. The molecule has 19 heavy (non-hydrogen) atoms. The molecule has 1 aromatic rings. The van der Waals surface area contributed by atoms with Crippen molar-refractivity contribution in [3.05, 3.63) is 33.8 Å². The van der Waals surface area contributed by atoms with Crippen molar-refractivity contribution in [1.29, 1.82) is 0 Å². The van der Waals surface area contributed by atoms with Crippen LogP contribution in [0.3, 0.4) is 0 Å². The van der Waals surface area contributed by atoms with Crippen LogP contribution in [0.25, 0.3) is 0 Å². The summed E-state index contributed by atoms with van der Waals surface area (Å²) in [5, 5.41) is 4.19. The Morgan fingerprint density at radius 3 is 2.53 bits per heavy atom. The van der Waals surface area contributed by atoms with Crippen LogP contribution in [0.5, 0.6) is 0 Å². The molecule has 0 atom stereocenters. The van der Waals surface area contributed by atoms with Crippen LogP contribution in [0.1, 0.15) is 12.5 Å². The third kappa shape index (κ3) is 3.99. The fraction of sp³-hybridized carbons (Fsp3) is 0.462. The van der Waals surface area contributed by atoms with Gasteiger partial charge in [0.1, 0.15) is 0 Å². The number of nitrogens with one attached hydrogen (secondary N) is 1. The maximum absolute atomic E-state index is 12.1. The zero-order valence-electron chi connectivity index (χ0n) is 10.7. The number of carbonyl (C=O) groups is 1. The highest BCUT2D eigenvalue weighted by Gasteiger charge is 2.28. The lowest BCUT2D eigenvalue weighted by molar-refractivity contribution is -0.137. The Morgan fingerprint density at radius 1 is 1.37 bits per heavy atom. The molecule has 6 heteroatoms. The summed E-state index contributed by atoms with van der Waals surface area (Å²) in [6.07, 6.45) is 0. The first-order chi connectivity index (χ1) is 8.61. The van der Waals surface area contributed by atoms with Gasteiger partial charge < -0.3 is 10.2 Å². The van der Waals surface area contributed by atoms with Gasteiger partial charge in [-0.25, -0.2) is 0 Å². The van der Waals surface area contributed by atoms with Gasteiger partial charge in [0.05, 0.1) is 16.0 Å². The lowest BCUT2D eigenvalue weighted by atomic mass is 10.0. The summed E-state index contributed by atoms with van der Waals surface area (Å²) >= 11 is 11.9. The molecule has 0 unspecified atom stereocenters. The normalized spacial score (nSPS) is 14.5. The molecule has 1 fully saturated rings. The molecule has 1 amide bonds. The lowest BCUT2D eigenvalue weighted by Gasteiger charge is -2.32. The molecule has 0 aliphatic carbocycles. The monoisotopic (exact) mass is 322 g/mol. The summed E-state index contributed by atoms with van der Waals surface area (Å²) in [7, 11) is 0. The van der Waals surface area contributed by atoms with Gasteiger partial charge in [0.25, 0.3) is 0 Å². The van der Waals surface area contributed by atoms with Crippen LogP contribution in [0.2, 0.25) is 10.0 Å². The largest absolute Gasteiger partial charge is 0.338 e. The Bertz CT molecular complexity index is 450. The zero-order chi connectivity index (χ0) is 13.1. The van der Waals surface area contributed by atoms with E-state index in [2.05, 4.69) is 5.32 Å². The smallest absolute Gasteiger partial charge is 0.228 e. The third-order valence-electron chi connectivity index (χ3n) is 3.18. The van der Waals surface area contributed by atoms with Crippen molar-refractivity contribution in [2.24, 2.45) is 5.92 Å². The van der Waals surface area contributed by atoms with E-state index in [1.807, 2.05) is 24.0 Å². The lowest BCUT2D eigenvalue weighted by Crippen LogP contribution is -2.51. The van der Waals surface area contributed by atoms with E-state index in [1.54, 1.807) is 6.07 Å². The second kappa shape index (κ2) is 7.34. The molecule has 3 nitrogen and oxygen atoms in total. The Balaban J connectivity index is 0.00000180. The van der Waals surface area contributed by atoms with Crippen LogP contribution in [0.15, 0.2) is 18.2 Å². The second-order valence-electron chi connectivity index (χ2n) is 4.46. The summed E-state index contributed by atoms with van der Waals surface area (Å²) < 4.78 is 0. The van der Waals surface area contributed by atoms with Crippen molar-refractivity contribution in [3.63, 3.8) is 0 Å². The quantitative estimate of drug-likeness (QED) is 0.924. The zero-order valence-corrected chi connectivity index (χ0v) is 13.0. The standard InChI is InChI=1S/C13H16Cl2N2O.ClH/c1-2-17(13(18)10-6-16-7-10)8-9-3-4-11(14)12(15)5-9;/h3-5,10,16H,2,6-8H2,1H3;1H. The van der Waals surface area contributed by atoms with Crippen molar-refractivity contribution in [3.8, 4) is 0 Å². The minimum Gasteiger partial charge on any atom is -0.338 e. The van der Waals surface area contributed by atoms with Crippen LogP contribution >= 0.6 is 35.6 Å². The molecular formula is C13H17Cl3N2O. The van der Waals surface area contributed by atoms with Crippen molar-refractivity contribution in [1.82, 2.24) is 10.2 Å². The molecule has 1 aliphatic rings. The molecule has 1 N–H and O–H groups in total. The average Bonchev–Trinajstić information content (AvgIpc) is 2.28. The van der Waals surface area contributed by atoms with Crippen LogP contribution in [-0.2, 0) is 11.3 Å². The first-order valence-electron chi connectivity index (χ1n) is 6.05. The highest BCUT2D eigenvalue weighted by atomic mass is 35.5. The van der Waals surface area contributed by atoms with Gasteiger partial charge in [-0.15, -0.1) is 12.4 Å². The van der Waals surface area contributed by atoms with Gasteiger partial charge in [-0.1, -0.05) is 29.3 Å². The van der Waals surface area contributed by atoms with Crippen LogP contribution < -0.4 is 5.32 Å². The van der Waals surface area contributed by atoms with Crippen LogP contribution in [0.4, 0.5) is 0 Å². The summed E-state index contributed by atoms with van der Waals surface area (Å²) in [6, 6.07) is 5.49. The van der Waals surface area contributed by atoms with E-state index in [4.69, 9.17) is 23.2 Å². The van der Waals surface area contributed by atoms with E-state index >= 15 is 0 Å². The number of amides is 1. The van der Waals surface area contributed by atoms with Gasteiger partial charge >= 0.3 is 0 Å². The molecule has 0 bridgehead atoms. The predicted octanol–water partition coefficient (Wildman–Crippen LogP) is 2.98. The van der Waals surface area contributed by atoms with Crippen molar-refractivity contribution >= 4 is 41.5 Å². The molecule has 0 radical (unpaired) electrons. The molecule has 0 aromatic heterocycles. The fourth-order valence-electron chi connectivity index (χ4n) is 1.93. The van der Waals surface area contributed by atoms with Crippen molar-refractivity contribution < 1.29 is 4.79 Å². The summed E-state index contributed by atoms with van der Waals surface area (Å²) in [5.41, 5.74) is 1.01. The summed E-state index contributed by atoms with van der Waals surface area (Å²) in [4.78, 5) is 14.0. The van der Waals surface area contributed by atoms with E-state index < -0.39 is 0 Å². The summed E-state index contributed by atoms with van der Waals surface area (Å²) in [5.74, 6) is 0.343. The minimum absolute atomic E-state index is 0. The Morgan fingerprint density at radius 2 is 2.05 bits per heavy atom. The second-order valence-corrected chi connectivity index (χ2v) is 5.27. The van der Waals surface area contributed by atoms with E-state index in [-0.39, 0.29) is 24.2 Å². The maximum atomic E-state index is 12.1. The van der Waals surface area contributed by atoms with Gasteiger partial charge in [-0.2, -0.15) is 0 Å². The highest BCUT2D eigenvalue weighted by molar-refractivity contribution is 6.42. The van der Waals surface area contributed by atoms with Crippen molar-refractivity contribution in [2.75, 3.05) is 19.6 Å². The Hall–Kier alpha value is -0.480. The SMILES string of the molecule is CCN(Cc1ccc(Cl)c(Cl)c1)C(=O)C1CNC1.Cl. The molecule has 2 rings (SSSR count). The first kappa shape index (κ1) is 16.6. The summed E-state index contributed by atoms with van der Waals surface area (Å²) in [6.45, 7) is 4.85. The Kier molecular flexibility index (Phi) is 6.40. The number of carbonyl (C=O) groups excluding carboxylic acids is 1. The number of hydrogen-bond donors (Lipinski definition) is 1. The average molecular weight is 324 g/mol. The number of nitrogens with zero attached hydrogens (tertiary/aromatic N) is 1. The molecule has 1 heterocycles. The minimum atomic E-state index is 0. The van der Waals surface area contributed by atoms with E-state index in [0.717, 1.165) is 18.7 Å². The highest BCUT2D eigenvalue weighted by Crippen LogP contribution is 2.23. The van der Waals surface area contributed by atoms with Gasteiger partial charge in [0, 0.05) is 26.2 Å². The number of benzene rings is 1. The molecule has 0 spiro atoms. The molecule has 0 saturated carbocycles. The van der Waals surface area contributed by atoms with Gasteiger partial charge in [-0.05, 0) is 24.6 Å². The first-order valence-corrected chi connectivity index (χ1v) is 6.81. The fourth-order valence-corrected chi connectivity index (χ4v) is 2.25. The number of rotatable bonds is 4. The third-order valence-corrected chi connectivity index (χ3v) is 3.92.